The van der Waals surface area contributed by atoms with Crippen LogP contribution in [0, 0.1) is 11.3 Å². The fraction of sp³-hybridized carbons (Fsp3) is 0.222. The first-order valence-electron chi connectivity index (χ1n) is 4.32. The van der Waals surface area contributed by atoms with Crippen LogP contribution in [0.2, 0.25) is 0 Å². The second-order valence-electron chi connectivity index (χ2n) is 2.88. The van der Waals surface area contributed by atoms with E-state index in [2.05, 4.69) is 10.3 Å². The standard InChI is InChI=1S/C9H11N5O/c10-5-6-1-3-13-9(8(6)12)14-4-2-7(11)15/h1,3H,2,4,12H2,(H2,11,15)(H,13,14). The Labute approximate surface area is 86.9 Å². The van der Waals surface area contributed by atoms with E-state index < -0.39 is 5.91 Å². The molecule has 15 heavy (non-hydrogen) atoms. The highest BCUT2D eigenvalue weighted by molar-refractivity contribution is 5.75. The molecule has 0 saturated carbocycles. The van der Waals surface area contributed by atoms with Gasteiger partial charge in [-0.3, -0.25) is 4.79 Å². The number of pyridine rings is 1. The maximum Gasteiger partial charge on any atom is 0.219 e. The minimum Gasteiger partial charge on any atom is -0.395 e. The Hall–Kier alpha value is -2.29. The van der Waals surface area contributed by atoms with Crippen LogP contribution in [0.4, 0.5) is 11.5 Å². The maximum atomic E-state index is 10.5. The van der Waals surface area contributed by atoms with Crippen LogP contribution in [0.25, 0.3) is 0 Å². The quantitative estimate of drug-likeness (QED) is 0.630. The number of carbonyl (C=O) groups is 1. The third kappa shape index (κ3) is 2.84. The van der Waals surface area contributed by atoms with Gasteiger partial charge in [0.05, 0.1) is 11.3 Å². The molecule has 1 rings (SSSR count). The third-order valence-corrected chi connectivity index (χ3v) is 1.77. The summed E-state index contributed by atoms with van der Waals surface area (Å²) in [6.07, 6.45) is 1.67. The van der Waals surface area contributed by atoms with Crippen molar-refractivity contribution >= 4 is 17.4 Å². The SMILES string of the molecule is N#Cc1ccnc(NCCC(N)=O)c1N. The van der Waals surface area contributed by atoms with Crippen molar-refractivity contribution in [3.8, 4) is 6.07 Å². The van der Waals surface area contributed by atoms with Gasteiger partial charge < -0.3 is 16.8 Å². The summed E-state index contributed by atoms with van der Waals surface area (Å²) in [4.78, 5) is 14.4. The number of primary amides is 1. The van der Waals surface area contributed by atoms with Gasteiger partial charge in [0.2, 0.25) is 5.91 Å². The summed E-state index contributed by atoms with van der Waals surface area (Å²) >= 11 is 0. The average Bonchev–Trinajstić information content (AvgIpc) is 2.20. The molecular formula is C9H11N5O. The lowest BCUT2D eigenvalue weighted by Crippen LogP contribution is -2.16. The van der Waals surface area contributed by atoms with Crippen molar-refractivity contribution in [3.05, 3.63) is 17.8 Å². The van der Waals surface area contributed by atoms with Crippen LogP contribution in [0.1, 0.15) is 12.0 Å². The number of rotatable bonds is 4. The number of nitrogens with two attached hydrogens (primary N) is 2. The highest BCUT2D eigenvalue weighted by atomic mass is 16.1. The number of hydrogen-bond donors (Lipinski definition) is 3. The van der Waals surface area contributed by atoms with Gasteiger partial charge in [0.1, 0.15) is 6.07 Å². The Kier molecular flexibility index (Phi) is 3.46. The van der Waals surface area contributed by atoms with Crippen LogP contribution in [0.5, 0.6) is 0 Å². The highest BCUT2D eigenvalue weighted by Gasteiger charge is 2.05. The summed E-state index contributed by atoms with van der Waals surface area (Å²) in [6.45, 7) is 0.349. The number of anilines is 2. The lowest BCUT2D eigenvalue weighted by atomic mass is 10.2. The van der Waals surface area contributed by atoms with Gasteiger partial charge in [-0.05, 0) is 6.07 Å². The van der Waals surface area contributed by atoms with E-state index in [-0.39, 0.29) is 12.1 Å². The molecule has 0 aliphatic carbocycles. The molecule has 0 aliphatic rings. The molecular weight excluding hydrogens is 194 g/mol. The molecule has 78 valence electrons. The van der Waals surface area contributed by atoms with Crippen molar-refractivity contribution in [1.82, 2.24) is 4.98 Å². The molecule has 1 aromatic heterocycles. The van der Waals surface area contributed by atoms with E-state index in [4.69, 9.17) is 16.7 Å². The molecule has 1 amide bonds. The van der Waals surface area contributed by atoms with E-state index >= 15 is 0 Å². The Morgan fingerprint density at radius 1 is 1.67 bits per heavy atom. The molecule has 0 atom stereocenters. The van der Waals surface area contributed by atoms with Gasteiger partial charge in [0.25, 0.3) is 0 Å². The number of aromatic nitrogens is 1. The van der Waals surface area contributed by atoms with E-state index in [0.29, 0.717) is 17.9 Å². The lowest BCUT2D eigenvalue weighted by Gasteiger charge is -2.07. The number of hydrogen-bond acceptors (Lipinski definition) is 5. The molecule has 0 aromatic carbocycles. The normalized spacial score (nSPS) is 9.27. The summed E-state index contributed by atoms with van der Waals surface area (Å²) in [7, 11) is 0. The van der Waals surface area contributed by atoms with Crippen molar-refractivity contribution in [2.75, 3.05) is 17.6 Å². The summed E-state index contributed by atoms with van der Waals surface area (Å²) in [5.74, 6) is -0.00666. The van der Waals surface area contributed by atoms with E-state index in [1.807, 2.05) is 6.07 Å². The average molecular weight is 205 g/mol. The van der Waals surface area contributed by atoms with Crippen molar-refractivity contribution in [2.24, 2.45) is 5.73 Å². The summed E-state index contributed by atoms with van der Waals surface area (Å²) in [6, 6.07) is 3.46. The van der Waals surface area contributed by atoms with E-state index in [1.54, 1.807) is 0 Å². The van der Waals surface area contributed by atoms with Gasteiger partial charge in [-0.2, -0.15) is 5.26 Å². The van der Waals surface area contributed by atoms with Crippen LogP contribution in [-0.4, -0.2) is 17.4 Å². The summed E-state index contributed by atoms with van der Waals surface area (Å²) in [5, 5.41) is 11.5. The first kappa shape index (κ1) is 10.8. The van der Waals surface area contributed by atoms with Gasteiger partial charge in [0, 0.05) is 19.2 Å². The number of amides is 1. The van der Waals surface area contributed by atoms with E-state index in [0.717, 1.165) is 0 Å². The van der Waals surface area contributed by atoms with Crippen LogP contribution in [-0.2, 0) is 4.79 Å². The smallest absolute Gasteiger partial charge is 0.219 e. The van der Waals surface area contributed by atoms with E-state index in [1.165, 1.54) is 12.3 Å². The Morgan fingerprint density at radius 2 is 2.40 bits per heavy atom. The minimum absolute atomic E-state index is 0.192. The molecule has 1 aromatic rings. The number of carbonyl (C=O) groups excluding carboxylic acids is 1. The molecule has 0 bridgehead atoms. The molecule has 0 unspecified atom stereocenters. The Balaban J connectivity index is 2.70. The van der Waals surface area contributed by atoms with Crippen molar-refractivity contribution in [1.29, 1.82) is 5.26 Å². The number of nitrogens with zero attached hydrogens (tertiary/aromatic N) is 2. The monoisotopic (exact) mass is 205 g/mol. The first-order chi connectivity index (χ1) is 7.15. The topological polar surface area (TPSA) is 118 Å². The van der Waals surface area contributed by atoms with Crippen molar-refractivity contribution in [2.45, 2.75) is 6.42 Å². The fourth-order valence-corrected chi connectivity index (χ4v) is 1.02. The molecule has 5 N–H and O–H groups in total. The lowest BCUT2D eigenvalue weighted by molar-refractivity contribution is -0.117. The first-order valence-corrected chi connectivity index (χ1v) is 4.32. The van der Waals surface area contributed by atoms with Gasteiger partial charge in [-0.15, -0.1) is 0 Å². The predicted molar refractivity (Wildman–Crippen MR) is 55.7 cm³/mol. The minimum atomic E-state index is -0.405. The van der Waals surface area contributed by atoms with Crippen LogP contribution in [0.15, 0.2) is 12.3 Å². The molecule has 0 aliphatic heterocycles. The summed E-state index contributed by atoms with van der Waals surface area (Å²) in [5.41, 5.74) is 11.3. The van der Waals surface area contributed by atoms with Gasteiger partial charge in [0.15, 0.2) is 5.82 Å². The zero-order chi connectivity index (χ0) is 11.3. The number of nitrogen functional groups attached to an aromatic ring is 1. The molecule has 0 spiro atoms. The largest absolute Gasteiger partial charge is 0.395 e. The molecule has 6 nitrogen and oxygen atoms in total. The highest BCUT2D eigenvalue weighted by Crippen LogP contribution is 2.18. The Morgan fingerprint density at radius 3 is 3.00 bits per heavy atom. The van der Waals surface area contributed by atoms with Crippen LogP contribution >= 0.6 is 0 Å². The Bertz CT molecular complexity index is 409. The maximum absolute atomic E-state index is 10.5. The van der Waals surface area contributed by atoms with Gasteiger partial charge in [-0.25, -0.2) is 4.98 Å². The summed E-state index contributed by atoms with van der Waals surface area (Å²) < 4.78 is 0. The number of nitrogens with one attached hydrogen (secondary N) is 1. The molecule has 0 saturated heterocycles. The predicted octanol–water partition coefficient (Wildman–Crippen LogP) is -0.177. The molecule has 0 radical (unpaired) electrons. The van der Waals surface area contributed by atoms with E-state index in [9.17, 15) is 4.79 Å². The number of nitriles is 1. The second kappa shape index (κ2) is 4.81. The molecule has 0 fully saturated rings. The van der Waals surface area contributed by atoms with Crippen molar-refractivity contribution < 1.29 is 4.79 Å². The third-order valence-electron chi connectivity index (χ3n) is 1.77. The van der Waals surface area contributed by atoms with Crippen LogP contribution in [0.3, 0.4) is 0 Å². The zero-order valence-electron chi connectivity index (χ0n) is 8.03. The molecule has 1 heterocycles. The van der Waals surface area contributed by atoms with Crippen LogP contribution < -0.4 is 16.8 Å². The van der Waals surface area contributed by atoms with Crippen molar-refractivity contribution in [3.63, 3.8) is 0 Å². The second-order valence-corrected chi connectivity index (χ2v) is 2.88. The van der Waals surface area contributed by atoms with Gasteiger partial charge >= 0.3 is 0 Å². The zero-order valence-corrected chi connectivity index (χ0v) is 8.03. The molecule has 6 heteroatoms. The van der Waals surface area contributed by atoms with Gasteiger partial charge in [-0.1, -0.05) is 0 Å². The fourth-order valence-electron chi connectivity index (χ4n) is 1.02.